The third kappa shape index (κ3) is 3.72. The molecule has 2 aliphatic heterocycles. The van der Waals surface area contributed by atoms with E-state index < -0.39 is 0 Å². The molecule has 0 bridgehead atoms. The van der Waals surface area contributed by atoms with Gasteiger partial charge in [-0.2, -0.15) is 0 Å². The predicted octanol–water partition coefficient (Wildman–Crippen LogP) is 1.84. The molecule has 0 radical (unpaired) electrons. The van der Waals surface area contributed by atoms with Crippen LogP contribution in [0.25, 0.3) is 0 Å². The van der Waals surface area contributed by atoms with Crippen LogP contribution in [0.5, 0.6) is 0 Å². The summed E-state index contributed by atoms with van der Waals surface area (Å²) in [5.41, 5.74) is 0. The first-order valence-corrected chi connectivity index (χ1v) is 7.33. The van der Waals surface area contributed by atoms with Crippen molar-refractivity contribution < 1.29 is 9.59 Å². The molecule has 2 amide bonds. The number of carbonyl (C=O) groups excluding carboxylic acids is 2. The molecular formula is C14H24N2O2. The molecule has 4 nitrogen and oxygen atoms in total. The Morgan fingerprint density at radius 1 is 0.944 bits per heavy atom. The number of nitrogens with zero attached hydrogens (tertiary/aromatic N) is 1. The molecule has 0 unspecified atom stereocenters. The standard InChI is InChI=1S/C10H17NO.C4H7NO/c12-10-7-4-8-11(10)9-5-2-1-3-6-9;6-4-2-1-3-5-4/h9H,1-8H2;1-3H2,(H,5,6). The first kappa shape index (κ1) is 13.4. The molecule has 3 aliphatic rings. The monoisotopic (exact) mass is 252 g/mol. The van der Waals surface area contributed by atoms with E-state index in [1.165, 1.54) is 32.1 Å². The van der Waals surface area contributed by atoms with Crippen LogP contribution in [-0.2, 0) is 9.59 Å². The van der Waals surface area contributed by atoms with Crippen molar-refractivity contribution in [3.63, 3.8) is 0 Å². The fourth-order valence-corrected chi connectivity index (χ4v) is 3.01. The Bertz CT molecular complexity index is 290. The van der Waals surface area contributed by atoms with Crippen molar-refractivity contribution >= 4 is 11.8 Å². The van der Waals surface area contributed by atoms with Gasteiger partial charge in [-0.15, -0.1) is 0 Å². The fraction of sp³-hybridized carbons (Fsp3) is 0.857. The van der Waals surface area contributed by atoms with Crippen molar-refractivity contribution in [3.8, 4) is 0 Å². The number of likely N-dealkylation sites (tertiary alicyclic amines) is 1. The van der Waals surface area contributed by atoms with Crippen molar-refractivity contribution in [2.75, 3.05) is 13.1 Å². The van der Waals surface area contributed by atoms with Crippen molar-refractivity contribution in [1.29, 1.82) is 0 Å². The second-order valence-corrected chi connectivity index (χ2v) is 5.44. The van der Waals surface area contributed by atoms with E-state index in [9.17, 15) is 9.59 Å². The molecule has 2 heterocycles. The third-order valence-electron chi connectivity index (χ3n) is 4.03. The molecule has 1 N–H and O–H groups in total. The maximum absolute atomic E-state index is 11.4. The van der Waals surface area contributed by atoms with Crippen LogP contribution in [0.2, 0.25) is 0 Å². The van der Waals surface area contributed by atoms with Crippen molar-refractivity contribution in [2.24, 2.45) is 0 Å². The average Bonchev–Trinajstić information content (AvgIpc) is 3.02. The van der Waals surface area contributed by atoms with Gasteiger partial charge >= 0.3 is 0 Å². The Labute approximate surface area is 109 Å². The molecule has 0 spiro atoms. The second kappa shape index (κ2) is 6.76. The van der Waals surface area contributed by atoms with E-state index in [0.717, 1.165) is 38.8 Å². The van der Waals surface area contributed by atoms with Crippen LogP contribution in [0.3, 0.4) is 0 Å². The van der Waals surface area contributed by atoms with E-state index in [1.807, 2.05) is 0 Å². The maximum atomic E-state index is 11.4. The third-order valence-corrected chi connectivity index (χ3v) is 4.03. The molecule has 0 aromatic carbocycles. The van der Waals surface area contributed by atoms with Gasteiger partial charge in [0.2, 0.25) is 11.8 Å². The van der Waals surface area contributed by atoms with Crippen LogP contribution in [0.4, 0.5) is 0 Å². The summed E-state index contributed by atoms with van der Waals surface area (Å²) in [4.78, 5) is 23.7. The number of nitrogens with one attached hydrogen (secondary N) is 1. The lowest BCUT2D eigenvalue weighted by molar-refractivity contribution is -0.130. The highest BCUT2D eigenvalue weighted by Crippen LogP contribution is 2.25. The van der Waals surface area contributed by atoms with E-state index in [0.29, 0.717) is 11.9 Å². The first-order valence-electron chi connectivity index (χ1n) is 7.33. The number of carbonyl (C=O) groups is 2. The maximum Gasteiger partial charge on any atom is 0.222 e. The summed E-state index contributed by atoms with van der Waals surface area (Å²) < 4.78 is 0. The van der Waals surface area contributed by atoms with Crippen LogP contribution < -0.4 is 5.32 Å². The van der Waals surface area contributed by atoms with Gasteiger partial charge < -0.3 is 10.2 Å². The summed E-state index contributed by atoms with van der Waals surface area (Å²) in [5.74, 6) is 0.608. The van der Waals surface area contributed by atoms with Crippen LogP contribution in [0.1, 0.15) is 57.8 Å². The molecular weight excluding hydrogens is 228 g/mol. The summed E-state index contributed by atoms with van der Waals surface area (Å²) >= 11 is 0. The van der Waals surface area contributed by atoms with Gasteiger partial charge in [-0.05, 0) is 25.7 Å². The molecule has 0 aromatic heterocycles. The molecule has 1 saturated carbocycles. The van der Waals surface area contributed by atoms with E-state index in [-0.39, 0.29) is 5.91 Å². The molecule has 3 fully saturated rings. The van der Waals surface area contributed by atoms with Gasteiger partial charge in [0.05, 0.1) is 0 Å². The SMILES string of the molecule is O=C1CCCN1.O=C1CCCN1C1CCCCC1. The van der Waals surface area contributed by atoms with Crippen molar-refractivity contribution in [1.82, 2.24) is 10.2 Å². The zero-order valence-corrected chi connectivity index (χ0v) is 11.1. The van der Waals surface area contributed by atoms with E-state index >= 15 is 0 Å². The highest BCUT2D eigenvalue weighted by atomic mass is 16.2. The molecule has 0 atom stereocenters. The predicted molar refractivity (Wildman–Crippen MR) is 70.1 cm³/mol. The van der Waals surface area contributed by atoms with Crippen LogP contribution >= 0.6 is 0 Å². The molecule has 0 aromatic rings. The zero-order valence-electron chi connectivity index (χ0n) is 11.1. The Balaban J connectivity index is 0.000000169. The molecule has 18 heavy (non-hydrogen) atoms. The Hall–Kier alpha value is -1.06. The first-order chi connectivity index (χ1) is 8.77. The molecule has 2 saturated heterocycles. The minimum atomic E-state index is 0.204. The van der Waals surface area contributed by atoms with Gasteiger partial charge in [0.25, 0.3) is 0 Å². The normalized spacial score (nSPS) is 24.8. The van der Waals surface area contributed by atoms with E-state index in [1.54, 1.807) is 0 Å². The van der Waals surface area contributed by atoms with Gasteiger partial charge in [0.15, 0.2) is 0 Å². The lowest BCUT2D eigenvalue weighted by Crippen LogP contribution is -2.37. The zero-order chi connectivity index (χ0) is 12.8. The minimum absolute atomic E-state index is 0.204. The number of rotatable bonds is 1. The van der Waals surface area contributed by atoms with Crippen LogP contribution in [0.15, 0.2) is 0 Å². The van der Waals surface area contributed by atoms with Gasteiger partial charge in [-0.1, -0.05) is 19.3 Å². The molecule has 1 aliphatic carbocycles. The largest absolute Gasteiger partial charge is 0.356 e. The topological polar surface area (TPSA) is 49.4 Å². The van der Waals surface area contributed by atoms with Crippen LogP contribution in [-0.4, -0.2) is 35.8 Å². The highest BCUT2D eigenvalue weighted by molar-refractivity contribution is 5.78. The van der Waals surface area contributed by atoms with Crippen molar-refractivity contribution in [2.45, 2.75) is 63.8 Å². The van der Waals surface area contributed by atoms with Crippen LogP contribution in [0, 0.1) is 0 Å². The van der Waals surface area contributed by atoms with Crippen molar-refractivity contribution in [3.05, 3.63) is 0 Å². The second-order valence-electron chi connectivity index (χ2n) is 5.44. The molecule has 102 valence electrons. The number of hydrogen-bond acceptors (Lipinski definition) is 2. The van der Waals surface area contributed by atoms with Gasteiger partial charge in [-0.3, -0.25) is 9.59 Å². The van der Waals surface area contributed by atoms with E-state index in [4.69, 9.17) is 0 Å². The fourth-order valence-electron chi connectivity index (χ4n) is 3.01. The summed E-state index contributed by atoms with van der Waals surface area (Å²) in [7, 11) is 0. The summed E-state index contributed by atoms with van der Waals surface area (Å²) in [6.07, 6.45) is 10.2. The van der Waals surface area contributed by atoms with Gasteiger partial charge in [0.1, 0.15) is 0 Å². The quantitative estimate of drug-likeness (QED) is 0.774. The lowest BCUT2D eigenvalue weighted by Gasteiger charge is -2.30. The van der Waals surface area contributed by atoms with E-state index in [2.05, 4.69) is 10.2 Å². The summed E-state index contributed by atoms with van der Waals surface area (Å²) in [6, 6.07) is 0.605. The van der Waals surface area contributed by atoms with Gasteiger partial charge in [-0.25, -0.2) is 0 Å². The minimum Gasteiger partial charge on any atom is -0.356 e. The Kier molecular flexibility index (Phi) is 5.02. The molecule has 3 rings (SSSR count). The Morgan fingerprint density at radius 3 is 2.17 bits per heavy atom. The number of hydrogen-bond donors (Lipinski definition) is 1. The average molecular weight is 252 g/mol. The Morgan fingerprint density at radius 2 is 1.72 bits per heavy atom. The smallest absolute Gasteiger partial charge is 0.222 e. The summed E-state index contributed by atoms with van der Waals surface area (Å²) in [5, 5.41) is 2.68. The molecule has 4 heteroatoms. The highest BCUT2D eigenvalue weighted by Gasteiger charge is 2.28. The summed E-state index contributed by atoms with van der Waals surface area (Å²) in [6.45, 7) is 1.92. The lowest BCUT2D eigenvalue weighted by atomic mass is 9.94. The van der Waals surface area contributed by atoms with Gasteiger partial charge in [0, 0.05) is 32.0 Å². The number of amides is 2.